The minimum Gasteiger partial charge on any atom is -0.408 e. The average molecular weight is 282 g/mol. The van der Waals surface area contributed by atoms with E-state index < -0.39 is 5.76 Å². The Kier molecular flexibility index (Phi) is 3.18. The molecule has 2 aromatic carbocycles. The van der Waals surface area contributed by atoms with Gasteiger partial charge in [0.25, 0.3) is 0 Å². The van der Waals surface area contributed by atoms with E-state index in [1.807, 2.05) is 36.4 Å². The molecule has 0 saturated heterocycles. The third-order valence-electron chi connectivity index (χ3n) is 4.10. The summed E-state index contributed by atoms with van der Waals surface area (Å²) in [5.74, 6) is -0.446. The van der Waals surface area contributed by atoms with Gasteiger partial charge in [-0.2, -0.15) is 0 Å². The van der Waals surface area contributed by atoms with Crippen LogP contribution >= 0.6 is 0 Å². The summed E-state index contributed by atoms with van der Waals surface area (Å²) in [4.78, 5) is 13.9. The molecule has 3 aromatic rings. The largest absolute Gasteiger partial charge is 0.417 e. The first kappa shape index (κ1) is 13.6. The van der Waals surface area contributed by atoms with Crippen LogP contribution in [0.2, 0.25) is 0 Å². The van der Waals surface area contributed by atoms with Gasteiger partial charge in [0.05, 0.1) is 5.52 Å². The summed E-state index contributed by atoms with van der Waals surface area (Å²) < 4.78 is 5.11. The Morgan fingerprint density at radius 1 is 1.14 bits per heavy atom. The molecular weight excluding hydrogens is 264 g/mol. The Labute approximate surface area is 122 Å². The highest BCUT2D eigenvalue weighted by Gasteiger charge is 2.29. The van der Waals surface area contributed by atoms with Crippen molar-refractivity contribution in [3.8, 4) is 0 Å². The Morgan fingerprint density at radius 2 is 1.86 bits per heavy atom. The molecule has 21 heavy (non-hydrogen) atoms. The number of rotatable bonds is 3. The normalized spacial score (nSPS) is 13.5. The third kappa shape index (κ3) is 2.38. The molecule has 3 N–H and O–H groups in total. The van der Waals surface area contributed by atoms with Crippen molar-refractivity contribution in [2.75, 3.05) is 0 Å². The van der Waals surface area contributed by atoms with E-state index in [2.05, 4.69) is 31.0 Å². The van der Waals surface area contributed by atoms with Gasteiger partial charge in [0.2, 0.25) is 0 Å². The van der Waals surface area contributed by atoms with Crippen LogP contribution < -0.4 is 11.5 Å². The summed E-state index contributed by atoms with van der Waals surface area (Å²) in [7, 11) is 0. The lowest BCUT2D eigenvalue weighted by atomic mass is 9.75. The molecule has 0 radical (unpaired) electrons. The number of nitrogens with one attached hydrogen (secondary N) is 1. The number of hydrogen-bond donors (Lipinski definition) is 2. The number of aromatic nitrogens is 1. The maximum Gasteiger partial charge on any atom is 0.417 e. The molecule has 0 amide bonds. The SMILES string of the molecule is CC(C)(c1ccccc1)C(N)c1ccc2[nH]c(=O)oc2c1. The van der Waals surface area contributed by atoms with Crippen LogP contribution in [-0.2, 0) is 5.41 Å². The van der Waals surface area contributed by atoms with Crippen molar-refractivity contribution in [3.05, 3.63) is 70.2 Å². The van der Waals surface area contributed by atoms with Crippen molar-refractivity contribution in [3.63, 3.8) is 0 Å². The summed E-state index contributed by atoms with van der Waals surface area (Å²) in [6.45, 7) is 4.23. The lowest BCUT2D eigenvalue weighted by molar-refractivity contribution is 0.420. The second-order valence-electron chi connectivity index (χ2n) is 5.84. The average Bonchev–Trinajstić information content (AvgIpc) is 2.86. The smallest absolute Gasteiger partial charge is 0.408 e. The summed E-state index contributed by atoms with van der Waals surface area (Å²) in [5, 5.41) is 0. The van der Waals surface area contributed by atoms with Gasteiger partial charge in [-0.15, -0.1) is 0 Å². The lowest BCUT2D eigenvalue weighted by Gasteiger charge is -2.32. The van der Waals surface area contributed by atoms with Gasteiger partial charge in [0, 0.05) is 11.5 Å². The van der Waals surface area contributed by atoms with Crippen LogP contribution in [0, 0.1) is 0 Å². The minimum atomic E-state index is -0.446. The van der Waals surface area contributed by atoms with E-state index in [-0.39, 0.29) is 11.5 Å². The zero-order valence-corrected chi connectivity index (χ0v) is 12.1. The molecule has 0 saturated carbocycles. The minimum absolute atomic E-state index is 0.204. The quantitative estimate of drug-likeness (QED) is 0.775. The molecule has 1 heterocycles. The highest BCUT2D eigenvalue weighted by molar-refractivity contribution is 5.73. The fourth-order valence-corrected chi connectivity index (χ4v) is 2.62. The van der Waals surface area contributed by atoms with Crippen LogP contribution in [0.3, 0.4) is 0 Å². The molecule has 0 aliphatic rings. The molecule has 1 aromatic heterocycles. The Balaban J connectivity index is 2.02. The van der Waals surface area contributed by atoms with Crippen LogP contribution in [0.5, 0.6) is 0 Å². The van der Waals surface area contributed by atoms with E-state index >= 15 is 0 Å². The van der Waals surface area contributed by atoms with Gasteiger partial charge < -0.3 is 10.2 Å². The fraction of sp³-hybridized carbons (Fsp3) is 0.235. The van der Waals surface area contributed by atoms with E-state index in [1.165, 1.54) is 5.56 Å². The second kappa shape index (κ2) is 4.90. The van der Waals surface area contributed by atoms with Gasteiger partial charge in [0.1, 0.15) is 0 Å². The zero-order valence-electron chi connectivity index (χ0n) is 12.1. The number of nitrogens with two attached hydrogens (primary N) is 1. The second-order valence-corrected chi connectivity index (χ2v) is 5.84. The summed E-state index contributed by atoms with van der Waals surface area (Å²) >= 11 is 0. The summed E-state index contributed by atoms with van der Waals surface area (Å²) in [6, 6.07) is 15.6. The van der Waals surface area contributed by atoms with Crippen molar-refractivity contribution < 1.29 is 4.42 Å². The Bertz CT molecular complexity index is 815. The number of aromatic amines is 1. The molecule has 0 bridgehead atoms. The van der Waals surface area contributed by atoms with Gasteiger partial charge in [-0.05, 0) is 23.3 Å². The number of oxazole rings is 1. The Morgan fingerprint density at radius 3 is 2.57 bits per heavy atom. The maximum absolute atomic E-state index is 11.2. The number of fused-ring (bicyclic) bond motifs is 1. The van der Waals surface area contributed by atoms with E-state index in [4.69, 9.17) is 10.2 Å². The van der Waals surface area contributed by atoms with Crippen molar-refractivity contribution in [1.29, 1.82) is 0 Å². The van der Waals surface area contributed by atoms with Gasteiger partial charge >= 0.3 is 5.76 Å². The van der Waals surface area contributed by atoms with Gasteiger partial charge in [-0.25, -0.2) is 4.79 Å². The molecule has 1 unspecified atom stereocenters. The number of benzene rings is 2. The van der Waals surface area contributed by atoms with Crippen LogP contribution in [-0.4, -0.2) is 4.98 Å². The van der Waals surface area contributed by atoms with E-state index in [0.29, 0.717) is 11.1 Å². The van der Waals surface area contributed by atoms with Crippen LogP contribution in [0.15, 0.2) is 57.7 Å². The predicted molar refractivity (Wildman–Crippen MR) is 83.2 cm³/mol. The molecule has 0 fully saturated rings. The molecule has 1 atom stereocenters. The highest BCUT2D eigenvalue weighted by Crippen LogP contribution is 2.35. The molecule has 108 valence electrons. The summed E-state index contributed by atoms with van der Waals surface area (Å²) in [5.41, 5.74) is 9.59. The predicted octanol–water partition coefficient (Wildman–Crippen LogP) is 3.10. The van der Waals surface area contributed by atoms with E-state index in [0.717, 1.165) is 5.56 Å². The maximum atomic E-state index is 11.2. The monoisotopic (exact) mass is 282 g/mol. The first-order valence-electron chi connectivity index (χ1n) is 6.92. The summed E-state index contributed by atoms with van der Waals surface area (Å²) in [6.07, 6.45) is 0. The number of hydrogen-bond acceptors (Lipinski definition) is 3. The van der Waals surface area contributed by atoms with Crippen molar-refractivity contribution >= 4 is 11.1 Å². The first-order valence-corrected chi connectivity index (χ1v) is 6.92. The van der Waals surface area contributed by atoms with Crippen molar-refractivity contribution in [1.82, 2.24) is 4.98 Å². The fourth-order valence-electron chi connectivity index (χ4n) is 2.62. The van der Waals surface area contributed by atoms with E-state index in [9.17, 15) is 4.79 Å². The molecule has 0 spiro atoms. The molecule has 4 heteroatoms. The zero-order chi connectivity index (χ0) is 15.0. The van der Waals surface area contributed by atoms with Gasteiger partial charge in [-0.1, -0.05) is 50.2 Å². The molecule has 0 aliphatic heterocycles. The van der Waals surface area contributed by atoms with Crippen LogP contribution in [0.1, 0.15) is 31.0 Å². The third-order valence-corrected chi connectivity index (χ3v) is 4.10. The molecule has 4 nitrogen and oxygen atoms in total. The molecule has 3 rings (SSSR count). The van der Waals surface area contributed by atoms with Crippen LogP contribution in [0.25, 0.3) is 11.1 Å². The van der Waals surface area contributed by atoms with Crippen molar-refractivity contribution in [2.45, 2.75) is 25.3 Å². The lowest BCUT2D eigenvalue weighted by Crippen LogP contribution is -2.33. The van der Waals surface area contributed by atoms with Gasteiger partial charge in [-0.3, -0.25) is 4.98 Å². The molecular formula is C17H18N2O2. The molecule has 0 aliphatic carbocycles. The standard InChI is InChI=1S/C17H18N2O2/c1-17(2,12-6-4-3-5-7-12)15(18)11-8-9-13-14(10-11)21-16(20)19-13/h3-10,15H,18H2,1-2H3,(H,19,20). The Hall–Kier alpha value is -2.33. The van der Waals surface area contributed by atoms with Crippen molar-refractivity contribution in [2.24, 2.45) is 5.73 Å². The number of H-pyrrole nitrogens is 1. The van der Waals surface area contributed by atoms with E-state index in [1.54, 1.807) is 0 Å². The topological polar surface area (TPSA) is 72.0 Å². The first-order chi connectivity index (χ1) is 9.98. The highest BCUT2D eigenvalue weighted by atomic mass is 16.4. The van der Waals surface area contributed by atoms with Crippen LogP contribution in [0.4, 0.5) is 0 Å². The van der Waals surface area contributed by atoms with Gasteiger partial charge in [0.15, 0.2) is 5.58 Å².